The van der Waals surface area contributed by atoms with E-state index in [-0.39, 0.29) is 0 Å². The first kappa shape index (κ1) is 15.5. The first-order chi connectivity index (χ1) is 9.48. The van der Waals surface area contributed by atoms with Crippen LogP contribution in [-0.2, 0) is 23.1 Å². The lowest BCUT2D eigenvalue weighted by molar-refractivity contribution is 0.452. The zero-order chi connectivity index (χ0) is 14.8. The number of rotatable bonds is 8. The number of aryl methyl sites for hydroxylation is 1. The van der Waals surface area contributed by atoms with Crippen molar-refractivity contribution in [2.75, 3.05) is 20.6 Å². The molecule has 0 bridgehead atoms. The monoisotopic (exact) mass is 299 g/mol. The summed E-state index contributed by atoms with van der Waals surface area (Å²) in [6.07, 6.45) is 5.07. The molecule has 0 aliphatic heterocycles. The second-order valence-corrected chi connectivity index (χ2v) is 7.66. The number of nitrogens with zero attached hydrogens (tertiary/aromatic N) is 2. The Hall–Kier alpha value is -0.850. The van der Waals surface area contributed by atoms with E-state index in [1.807, 2.05) is 11.6 Å². The molecule has 0 spiro atoms. The van der Waals surface area contributed by atoms with E-state index in [9.17, 15) is 8.42 Å². The van der Waals surface area contributed by atoms with Crippen LogP contribution >= 0.6 is 0 Å². The van der Waals surface area contributed by atoms with Gasteiger partial charge < -0.3 is 9.88 Å². The third-order valence-corrected chi connectivity index (χ3v) is 5.49. The van der Waals surface area contributed by atoms with E-state index in [4.69, 9.17) is 0 Å². The standard InChI is InChI=1S/C14H25N3O2S/c1-4-7-17-11-14(8-13(17)9-15-2)20(18,19)16(3)10-12-5-6-12/h8,11-12,15H,4-7,9-10H2,1-3H3. The van der Waals surface area contributed by atoms with Crippen molar-refractivity contribution in [3.8, 4) is 0 Å². The van der Waals surface area contributed by atoms with Crippen LogP contribution in [0.2, 0.25) is 0 Å². The highest BCUT2D eigenvalue weighted by Gasteiger charge is 2.30. The summed E-state index contributed by atoms with van der Waals surface area (Å²) in [5, 5.41) is 3.09. The molecule has 1 aliphatic carbocycles. The summed E-state index contributed by atoms with van der Waals surface area (Å²) in [7, 11) is 0.207. The minimum absolute atomic E-state index is 0.416. The van der Waals surface area contributed by atoms with Crippen LogP contribution in [0.15, 0.2) is 17.2 Å². The third kappa shape index (κ3) is 3.42. The molecule has 1 aliphatic rings. The summed E-state index contributed by atoms with van der Waals surface area (Å²) < 4.78 is 28.7. The number of sulfonamides is 1. The quantitative estimate of drug-likeness (QED) is 0.794. The van der Waals surface area contributed by atoms with E-state index in [0.717, 1.165) is 31.5 Å². The minimum atomic E-state index is -3.35. The fourth-order valence-corrected chi connectivity index (χ4v) is 3.70. The Balaban J connectivity index is 2.23. The lowest BCUT2D eigenvalue weighted by Gasteiger charge is -2.15. The summed E-state index contributed by atoms with van der Waals surface area (Å²) in [6.45, 7) is 4.26. The SMILES string of the molecule is CCCn1cc(S(=O)(=O)N(C)CC2CC2)cc1CNC. The molecule has 20 heavy (non-hydrogen) atoms. The number of nitrogens with one attached hydrogen (secondary N) is 1. The molecular formula is C14H25N3O2S. The van der Waals surface area contributed by atoms with Crippen LogP contribution in [0.5, 0.6) is 0 Å². The van der Waals surface area contributed by atoms with Crippen LogP contribution in [-0.4, -0.2) is 37.9 Å². The smallest absolute Gasteiger partial charge is 0.244 e. The van der Waals surface area contributed by atoms with Gasteiger partial charge in [-0.2, -0.15) is 0 Å². The van der Waals surface area contributed by atoms with Crippen molar-refractivity contribution in [3.05, 3.63) is 18.0 Å². The highest BCUT2D eigenvalue weighted by Crippen LogP contribution is 2.31. The molecule has 1 saturated carbocycles. The van der Waals surface area contributed by atoms with Crippen LogP contribution in [0.1, 0.15) is 31.9 Å². The largest absolute Gasteiger partial charge is 0.349 e. The summed E-state index contributed by atoms with van der Waals surface area (Å²) in [5.74, 6) is 0.560. The van der Waals surface area contributed by atoms with Gasteiger partial charge in [0.05, 0.1) is 0 Å². The van der Waals surface area contributed by atoms with Crippen LogP contribution in [0, 0.1) is 5.92 Å². The zero-order valence-electron chi connectivity index (χ0n) is 12.6. The van der Waals surface area contributed by atoms with Crippen molar-refractivity contribution in [2.45, 2.75) is 44.2 Å². The van der Waals surface area contributed by atoms with Gasteiger partial charge in [-0.25, -0.2) is 12.7 Å². The molecule has 5 nitrogen and oxygen atoms in total. The molecule has 1 aromatic rings. The highest BCUT2D eigenvalue weighted by molar-refractivity contribution is 7.89. The fourth-order valence-electron chi connectivity index (χ4n) is 2.39. The minimum Gasteiger partial charge on any atom is -0.349 e. The van der Waals surface area contributed by atoms with Crippen molar-refractivity contribution in [3.63, 3.8) is 0 Å². The van der Waals surface area contributed by atoms with E-state index in [2.05, 4.69) is 12.2 Å². The molecule has 2 rings (SSSR count). The molecule has 1 N–H and O–H groups in total. The maximum absolute atomic E-state index is 12.6. The average molecular weight is 299 g/mol. The van der Waals surface area contributed by atoms with Crippen molar-refractivity contribution in [1.29, 1.82) is 0 Å². The van der Waals surface area contributed by atoms with Gasteiger partial charge in [0.15, 0.2) is 0 Å². The third-order valence-electron chi connectivity index (χ3n) is 3.70. The molecule has 0 aromatic carbocycles. The Morgan fingerprint density at radius 3 is 2.70 bits per heavy atom. The average Bonchev–Trinajstić information content (AvgIpc) is 3.11. The van der Waals surface area contributed by atoms with Crippen molar-refractivity contribution in [1.82, 2.24) is 14.2 Å². The Bertz CT molecular complexity index is 523. The van der Waals surface area contributed by atoms with Gasteiger partial charge in [0, 0.05) is 38.6 Å². The highest BCUT2D eigenvalue weighted by atomic mass is 32.2. The van der Waals surface area contributed by atoms with Gasteiger partial charge >= 0.3 is 0 Å². The molecule has 6 heteroatoms. The Labute approximate surface area is 122 Å². The number of hydrogen-bond donors (Lipinski definition) is 1. The zero-order valence-corrected chi connectivity index (χ0v) is 13.4. The van der Waals surface area contributed by atoms with E-state index in [1.54, 1.807) is 19.3 Å². The molecule has 0 amide bonds. The first-order valence-electron chi connectivity index (χ1n) is 7.29. The second-order valence-electron chi connectivity index (χ2n) is 5.62. The van der Waals surface area contributed by atoms with Gasteiger partial charge in [0.1, 0.15) is 4.90 Å². The molecular weight excluding hydrogens is 274 g/mol. The summed E-state index contributed by atoms with van der Waals surface area (Å²) in [4.78, 5) is 0.416. The van der Waals surface area contributed by atoms with Crippen LogP contribution < -0.4 is 5.32 Å². The normalized spacial score (nSPS) is 16.0. The molecule has 0 radical (unpaired) electrons. The molecule has 0 saturated heterocycles. The fraction of sp³-hybridized carbons (Fsp3) is 0.714. The summed E-state index contributed by atoms with van der Waals surface area (Å²) in [6, 6.07) is 1.80. The summed E-state index contributed by atoms with van der Waals surface area (Å²) >= 11 is 0. The maximum Gasteiger partial charge on any atom is 0.244 e. The topological polar surface area (TPSA) is 54.3 Å². The summed E-state index contributed by atoms with van der Waals surface area (Å²) in [5.41, 5.74) is 1.02. The van der Waals surface area contributed by atoms with Crippen molar-refractivity contribution in [2.24, 2.45) is 5.92 Å². The lowest BCUT2D eigenvalue weighted by Crippen LogP contribution is -2.28. The first-order valence-corrected chi connectivity index (χ1v) is 8.73. The molecule has 1 fully saturated rings. The Kier molecular flexibility index (Phi) is 4.88. The predicted octanol–water partition coefficient (Wildman–Crippen LogP) is 1.65. The molecule has 0 unspecified atom stereocenters. The van der Waals surface area contributed by atoms with E-state index >= 15 is 0 Å². The Morgan fingerprint density at radius 2 is 2.15 bits per heavy atom. The van der Waals surface area contributed by atoms with Crippen LogP contribution in [0.4, 0.5) is 0 Å². The molecule has 0 atom stereocenters. The number of hydrogen-bond acceptors (Lipinski definition) is 3. The van der Waals surface area contributed by atoms with E-state index < -0.39 is 10.0 Å². The Morgan fingerprint density at radius 1 is 1.45 bits per heavy atom. The van der Waals surface area contributed by atoms with Gasteiger partial charge in [0.2, 0.25) is 10.0 Å². The predicted molar refractivity (Wildman–Crippen MR) is 80.0 cm³/mol. The van der Waals surface area contributed by atoms with Gasteiger partial charge in [-0.15, -0.1) is 0 Å². The van der Waals surface area contributed by atoms with Gasteiger partial charge in [-0.05, 0) is 38.3 Å². The van der Waals surface area contributed by atoms with E-state index in [1.165, 1.54) is 4.31 Å². The number of aromatic nitrogens is 1. The van der Waals surface area contributed by atoms with Crippen molar-refractivity contribution >= 4 is 10.0 Å². The maximum atomic E-state index is 12.6. The van der Waals surface area contributed by atoms with Crippen LogP contribution in [0.25, 0.3) is 0 Å². The molecule has 114 valence electrons. The second kappa shape index (κ2) is 6.28. The van der Waals surface area contributed by atoms with E-state index in [0.29, 0.717) is 23.9 Å². The lowest BCUT2D eigenvalue weighted by atomic mass is 10.4. The molecule has 1 aromatic heterocycles. The van der Waals surface area contributed by atoms with Gasteiger partial charge in [-0.3, -0.25) is 0 Å². The van der Waals surface area contributed by atoms with Gasteiger partial charge in [-0.1, -0.05) is 6.92 Å². The van der Waals surface area contributed by atoms with Crippen LogP contribution in [0.3, 0.4) is 0 Å². The van der Waals surface area contributed by atoms with Crippen molar-refractivity contribution < 1.29 is 8.42 Å². The molecule has 1 heterocycles. The van der Waals surface area contributed by atoms with Gasteiger partial charge in [0.25, 0.3) is 0 Å².